The normalized spacial score (nSPS) is 40.5. The third kappa shape index (κ3) is 1.64. The summed E-state index contributed by atoms with van der Waals surface area (Å²) in [6.45, 7) is 2.59. The van der Waals surface area contributed by atoms with Crippen LogP contribution in [0.25, 0.3) is 0 Å². The second-order valence-electron chi connectivity index (χ2n) is 6.29. The summed E-state index contributed by atoms with van der Waals surface area (Å²) in [5, 5.41) is 0. The van der Waals surface area contributed by atoms with Gasteiger partial charge in [0.05, 0.1) is 6.61 Å². The number of methoxy groups -OCH3 is 1. The Hall–Kier alpha value is -0.970. The van der Waals surface area contributed by atoms with E-state index in [-0.39, 0.29) is 17.6 Å². The molecule has 0 aromatic heterocycles. The highest BCUT2D eigenvalue weighted by Crippen LogP contribution is 2.61. The predicted octanol–water partition coefficient (Wildman–Crippen LogP) is 3.11. The van der Waals surface area contributed by atoms with E-state index in [1.54, 1.807) is 7.11 Å². The summed E-state index contributed by atoms with van der Waals surface area (Å²) in [5.41, 5.74) is 0.831. The second kappa shape index (κ2) is 4.28. The molecular formula is C17H17BrO3. The van der Waals surface area contributed by atoms with Crippen LogP contribution in [0.15, 0.2) is 34.8 Å². The van der Waals surface area contributed by atoms with Crippen LogP contribution in [0, 0.1) is 12.8 Å². The van der Waals surface area contributed by atoms with Gasteiger partial charge in [-0.1, -0.05) is 45.8 Å². The molecule has 1 aromatic carbocycles. The molecule has 4 aliphatic rings. The van der Waals surface area contributed by atoms with E-state index in [1.807, 2.05) is 12.1 Å². The van der Waals surface area contributed by atoms with Crippen LogP contribution in [0.4, 0.5) is 0 Å². The third-order valence-electron chi connectivity index (χ3n) is 5.21. The van der Waals surface area contributed by atoms with Gasteiger partial charge in [-0.15, -0.1) is 0 Å². The fourth-order valence-corrected chi connectivity index (χ4v) is 4.93. The number of epoxide rings is 1. The van der Waals surface area contributed by atoms with Crippen LogP contribution >= 0.6 is 15.9 Å². The summed E-state index contributed by atoms with van der Waals surface area (Å²) >= 11 is 3.63. The first-order chi connectivity index (χ1) is 10.0. The molecule has 0 amide bonds. The Labute approximate surface area is 132 Å². The number of Topliss-reactive ketones (excluding diaryl/α,β-unsaturated/α-hetero) is 1. The lowest BCUT2D eigenvalue weighted by Gasteiger charge is -2.50. The van der Waals surface area contributed by atoms with Crippen molar-refractivity contribution in [2.24, 2.45) is 5.92 Å². The standard InChI is InChI=1S/C17H17BrO3/c1-10-4-3-5-11(6-10)12-7-13-14(18)8-16(12,20-2)15(19)17(13)9-21-17/h3-6,8,12-13H,7,9H2,1-2H3/t12?,13?,16-,17+/m1/s1. The molecule has 0 radical (unpaired) electrons. The lowest BCUT2D eigenvalue weighted by Crippen LogP contribution is -2.61. The zero-order chi connectivity index (χ0) is 14.8. The predicted molar refractivity (Wildman–Crippen MR) is 82.5 cm³/mol. The monoisotopic (exact) mass is 348 g/mol. The van der Waals surface area contributed by atoms with Crippen molar-refractivity contribution in [3.05, 3.63) is 46.0 Å². The molecule has 1 saturated heterocycles. The molecule has 2 bridgehead atoms. The van der Waals surface area contributed by atoms with Crippen LogP contribution in [0.2, 0.25) is 0 Å². The Balaban J connectivity index is 1.87. The molecule has 2 unspecified atom stereocenters. The van der Waals surface area contributed by atoms with Gasteiger partial charge in [-0.25, -0.2) is 0 Å². The van der Waals surface area contributed by atoms with Gasteiger partial charge in [0, 0.05) is 23.4 Å². The molecule has 3 nitrogen and oxygen atoms in total. The number of carbonyl (C=O) groups is 1. The molecule has 4 atom stereocenters. The molecule has 1 heterocycles. The molecule has 0 N–H and O–H groups in total. The van der Waals surface area contributed by atoms with Crippen LogP contribution in [-0.2, 0) is 14.3 Å². The van der Waals surface area contributed by atoms with Crippen molar-refractivity contribution in [1.82, 2.24) is 0 Å². The fraction of sp³-hybridized carbons (Fsp3) is 0.471. The number of carbonyl (C=O) groups excluding carboxylic acids is 1. The van der Waals surface area contributed by atoms with E-state index in [2.05, 4.69) is 41.1 Å². The van der Waals surface area contributed by atoms with Gasteiger partial charge in [-0.05, 0) is 25.0 Å². The van der Waals surface area contributed by atoms with Gasteiger partial charge in [0.25, 0.3) is 0 Å². The molecule has 1 aliphatic heterocycles. The minimum Gasteiger partial charge on any atom is -0.365 e. The van der Waals surface area contributed by atoms with E-state index < -0.39 is 11.2 Å². The Kier molecular flexibility index (Phi) is 2.79. The first-order valence-corrected chi connectivity index (χ1v) is 8.01. The molecular weight excluding hydrogens is 332 g/mol. The highest BCUT2D eigenvalue weighted by molar-refractivity contribution is 9.11. The van der Waals surface area contributed by atoms with Gasteiger partial charge in [0.2, 0.25) is 5.78 Å². The molecule has 2 fully saturated rings. The zero-order valence-electron chi connectivity index (χ0n) is 12.1. The van der Waals surface area contributed by atoms with Crippen molar-refractivity contribution < 1.29 is 14.3 Å². The Morgan fingerprint density at radius 3 is 2.76 bits per heavy atom. The molecule has 5 rings (SSSR count). The van der Waals surface area contributed by atoms with Gasteiger partial charge in [0.15, 0.2) is 11.2 Å². The quantitative estimate of drug-likeness (QED) is 0.770. The van der Waals surface area contributed by atoms with E-state index in [0.717, 1.165) is 10.9 Å². The van der Waals surface area contributed by atoms with Gasteiger partial charge in [-0.3, -0.25) is 4.79 Å². The summed E-state index contributed by atoms with van der Waals surface area (Å²) in [6.07, 6.45) is 2.84. The molecule has 1 aromatic rings. The van der Waals surface area contributed by atoms with Gasteiger partial charge in [0.1, 0.15) is 0 Å². The van der Waals surface area contributed by atoms with Crippen LogP contribution in [-0.4, -0.2) is 30.7 Å². The minimum atomic E-state index is -0.905. The van der Waals surface area contributed by atoms with Crippen LogP contribution in [0.3, 0.4) is 0 Å². The van der Waals surface area contributed by atoms with Gasteiger partial charge >= 0.3 is 0 Å². The van der Waals surface area contributed by atoms with Crippen molar-refractivity contribution in [2.75, 3.05) is 13.7 Å². The number of benzene rings is 1. The summed E-state index contributed by atoms with van der Waals surface area (Å²) in [5.74, 6) is 0.256. The summed E-state index contributed by atoms with van der Waals surface area (Å²) in [7, 11) is 1.62. The van der Waals surface area contributed by atoms with Gasteiger partial charge < -0.3 is 9.47 Å². The van der Waals surface area contributed by atoms with Crippen molar-refractivity contribution in [3.63, 3.8) is 0 Å². The third-order valence-corrected chi connectivity index (χ3v) is 6.00. The Morgan fingerprint density at radius 1 is 1.38 bits per heavy atom. The number of aryl methyl sites for hydroxylation is 1. The van der Waals surface area contributed by atoms with E-state index in [1.165, 1.54) is 11.1 Å². The maximum absolute atomic E-state index is 13.0. The van der Waals surface area contributed by atoms with Gasteiger partial charge in [-0.2, -0.15) is 0 Å². The second-order valence-corrected chi connectivity index (χ2v) is 7.20. The maximum atomic E-state index is 13.0. The number of ether oxygens (including phenoxy) is 2. The van der Waals surface area contributed by atoms with Crippen molar-refractivity contribution in [3.8, 4) is 0 Å². The first-order valence-electron chi connectivity index (χ1n) is 7.22. The minimum absolute atomic E-state index is 0.0519. The number of hydrogen-bond donors (Lipinski definition) is 0. The van der Waals surface area contributed by atoms with E-state index in [4.69, 9.17) is 9.47 Å². The highest BCUT2D eigenvalue weighted by atomic mass is 79.9. The maximum Gasteiger partial charge on any atom is 0.203 e. The number of fused-ring (bicyclic) bond motifs is 1. The Morgan fingerprint density at radius 2 is 2.14 bits per heavy atom. The van der Waals surface area contributed by atoms with Crippen molar-refractivity contribution in [1.29, 1.82) is 0 Å². The summed E-state index contributed by atoms with van der Waals surface area (Å²) in [4.78, 5) is 13.0. The number of hydrogen-bond acceptors (Lipinski definition) is 3. The molecule has 110 valence electrons. The summed E-state index contributed by atoms with van der Waals surface area (Å²) < 4.78 is 12.4. The number of halogens is 1. The number of rotatable bonds is 2. The smallest absolute Gasteiger partial charge is 0.203 e. The van der Waals surface area contributed by atoms with Crippen molar-refractivity contribution in [2.45, 2.75) is 30.5 Å². The molecule has 1 spiro atoms. The highest BCUT2D eigenvalue weighted by Gasteiger charge is 2.72. The zero-order valence-corrected chi connectivity index (χ0v) is 13.6. The van der Waals surface area contributed by atoms with E-state index in [0.29, 0.717) is 6.61 Å². The lowest BCUT2D eigenvalue weighted by atomic mass is 9.58. The topological polar surface area (TPSA) is 38.8 Å². The summed E-state index contributed by atoms with van der Waals surface area (Å²) in [6, 6.07) is 8.36. The van der Waals surface area contributed by atoms with Crippen molar-refractivity contribution >= 4 is 21.7 Å². The Bertz CT molecular complexity index is 662. The van der Waals surface area contributed by atoms with Crippen LogP contribution in [0.5, 0.6) is 0 Å². The SMILES string of the molecule is CO[C@]12C=C(Br)C(CC1c1cccc(C)c1)[C@@]1(CO1)C2=O. The van der Waals surface area contributed by atoms with E-state index in [9.17, 15) is 4.79 Å². The molecule has 21 heavy (non-hydrogen) atoms. The fourth-order valence-electron chi connectivity index (χ4n) is 4.03. The average molecular weight is 349 g/mol. The average Bonchev–Trinajstić information content (AvgIpc) is 3.25. The largest absolute Gasteiger partial charge is 0.365 e. The molecule has 4 heteroatoms. The first kappa shape index (κ1) is 13.7. The van der Waals surface area contributed by atoms with Crippen LogP contribution in [0.1, 0.15) is 23.5 Å². The van der Waals surface area contributed by atoms with E-state index >= 15 is 0 Å². The van der Waals surface area contributed by atoms with Crippen LogP contribution < -0.4 is 0 Å². The molecule has 1 saturated carbocycles. The lowest BCUT2D eigenvalue weighted by molar-refractivity contribution is -0.153. The molecule has 3 aliphatic carbocycles. The number of ketones is 1.